The monoisotopic (exact) mass is 499 g/mol. The van der Waals surface area contributed by atoms with Crippen LogP contribution < -0.4 is 5.73 Å². The number of nitrogens with two attached hydrogens (primary N) is 1. The molecule has 4 rings (SSSR count). The summed E-state index contributed by atoms with van der Waals surface area (Å²) in [5.74, 6) is -2.38. The van der Waals surface area contributed by atoms with Crippen LogP contribution in [-0.2, 0) is 14.2 Å². The highest BCUT2D eigenvalue weighted by Gasteiger charge is 2.37. The average molecular weight is 500 g/mol. The normalized spacial score (nSPS) is 20.6. The van der Waals surface area contributed by atoms with Crippen molar-refractivity contribution in [2.75, 3.05) is 19.8 Å². The average Bonchev–Trinajstić information content (AvgIpc) is 2.95. The van der Waals surface area contributed by atoms with Gasteiger partial charge < -0.3 is 19.9 Å². The van der Waals surface area contributed by atoms with Gasteiger partial charge in [0, 0.05) is 23.8 Å². The van der Waals surface area contributed by atoms with Gasteiger partial charge in [0.1, 0.15) is 0 Å². The Morgan fingerprint density at radius 3 is 1.35 bits per heavy atom. The van der Waals surface area contributed by atoms with E-state index >= 15 is 0 Å². The van der Waals surface area contributed by atoms with Gasteiger partial charge in [-0.15, -0.1) is 0 Å². The zero-order valence-corrected chi connectivity index (χ0v) is 20.3. The van der Waals surface area contributed by atoms with Gasteiger partial charge in [-0.05, 0) is 36.4 Å². The van der Waals surface area contributed by atoms with Gasteiger partial charge in [-0.3, -0.25) is 0 Å². The predicted molar refractivity (Wildman–Crippen MR) is 138 cm³/mol. The molecule has 3 aromatic rings. The molecular weight excluding hydrogens is 470 g/mol. The molecule has 37 heavy (non-hydrogen) atoms. The molecular formula is C30H29NO6. The molecule has 7 heteroatoms. The molecule has 0 amide bonds. The van der Waals surface area contributed by atoms with Gasteiger partial charge in [-0.2, -0.15) is 0 Å². The van der Waals surface area contributed by atoms with E-state index in [9.17, 15) is 14.4 Å². The smallest absolute Gasteiger partial charge is 0.338 e. The summed E-state index contributed by atoms with van der Waals surface area (Å²) in [6.45, 7) is 0.108. The molecule has 4 atom stereocenters. The van der Waals surface area contributed by atoms with Gasteiger partial charge >= 0.3 is 17.9 Å². The van der Waals surface area contributed by atoms with Gasteiger partial charge in [0.05, 0.1) is 36.5 Å². The molecule has 0 bridgehead atoms. The van der Waals surface area contributed by atoms with Crippen molar-refractivity contribution in [1.82, 2.24) is 0 Å². The summed E-state index contributed by atoms with van der Waals surface area (Å²) in [4.78, 5) is 37.7. The molecule has 0 fully saturated rings. The molecule has 1 aliphatic carbocycles. The third kappa shape index (κ3) is 6.92. The number of ether oxygens (including phenoxy) is 3. The zero-order chi connectivity index (χ0) is 26.0. The topological polar surface area (TPSA) is 105 Å². The standard InChI is InChI=1S/C30H29NO6/c31-27-17-16-24(18-35-28(32)21-10-4-1-5-11-21)25(19-36-29(33)22-12-6-2-7-13-22)26(27)20-37-30(34)23-14-8-3-9-15-23/h1-17,24-27H,18-20,31H2/t24-,25+,26+,27-/m1/s1. The molecule has 0 saturated carbocycles. The number of carbonyl (C=O) groups is 3. The Kier molecular flexibility index (Phi) is 8.84. The van der Waals surface area contributed by atoms with Gasteiger partial charge in [0.2, 0.25) is 0 Å². The van der Waals surface area contributed by atoms with Gasteiger partial charge in [0.25, 0.3) is 0 Å². The summed E-state index contributed by atoms with van der Waals surface area (Å²) in [5, 5.41) is 0. The molecule has 0 radical (unpaired) electrons. The van der Waals surface area contributed by atoms with Crippen molar-refractivity contribution >= 4 is 17.9 Å². The van der Waals surface area contributed by atoms with Gasteiger partial charge in [-0.25, -0.2) is 14.4 Å². The van der Waals surface area contributed by atoms with Crippen LogP contribution in [0, 0.1) is 17.8 Å². The lowest BCUT2D eigenvalue weighted by molar-refractivity contribution is -0.000633. The fraction of sp³-hybridized carbons (Fsp3) is 0.233. The lowest BCUT2D eigenvalue weighted by Crippen LogP contribution is -2.46. The number of benzene rings is 3. The summed E-state index contributed by atoms with van der Waals surface area (Å²) >= 11 is 0. The number of carbonyl (C=O) groups excluding carboxylic acids is 3. The Hall–Kier alpha value is -4.23. The fourth-order valence-electron chi connectivity index (χ4n) is 4.31. The van der Waals surface area contributed by atoms with Crippen LogP contribution in [-0.4, -0.2) is 43.8 Å². The van der Waals surface area contributed by atoms with Crippen molar-refractivity contribution in [3.8, 4) is 0 Å². The molecule has 7 nitrogen and oxygen atoms in total. The van der Waals surface area contributed by atoms with Crippen LogP contribution in [0.5, 0.6) is 0 Å². The predicted octanol–water partition coefficient (Wildman–Crippen LogP) is 4.30. The molecule has 0 aromatic heterocycles. The summed E-state index contributed by atoms with van der Waals surface area (Å²) in [5.41, 5.74) is 7.70. The van der Waals surface area contributed by atoms with E-state index < -0.39 is 23.9 Å². The maximum Gasteiger partial charge on any atom is 0.338 e. The highest BCUT2D eigenvalue weighted by Crippen LogP contribution is 2.32. The third-order valence-corrected chi connectivity index (χ3v) is 6.42. The first kappa shape index (κ1) is 25.9. The molecule has 0 spiro atoms. The SMILES string of the molecule is N[C@@H]1C=C[C@H](COC(=O)c2ccccc2)[C@H](COC(=O)c2ccccc2)[C@@H]1COC(=O)c1ccccc1. The van der Waals surface area contributed by atoms with Crippen LogP contribution in [0.3, 0.4) is 0 Å². The van der Waals surface area contributed by atoms with E-state index in [1.165, 1.54) is 0 Å². The quantitative estimate of drug-likeness (QED) is 0.266. The van der Waals surface area contributed by atoms with Crippen molar-refractivity contribution in [2.24, 2.45) is 23.5 Å². The highest BCUT2D eigenvalue weighted by atomic mass is 16.5. The van der Waals surface area contributed by atoms with Crippen molar-refractivity contribution in [1.29, 1.82) is 0 Å². The van der Waals surface area contributed by atoms with E-state index in [1.54, 1.807) is 72.8 Å². The minimum absolute atomic E-state index is 0.0207. The van der Waals surface area contributed by atoms with Gasteiger partial charge in [-0.1, -0.05) is 66.7 Å². The Labute approximate surface area is 215 Å². The molecule has 0 heterocycles. The minimum Gasteiger partial charge on any atom is -0.462 e. The molecule has 3 aromatic carbocycles. The highest BCUT2D eigenvalue weighted by molar-refractivity contribution is 5.90. The second-order valence-corrected chi connectivity index (χ2v) is 8.85. The first-order valence-electron chi connectivity index (χ1n) is 12.1. The van der Waals surface area contributed by atoms with E-state index in [1.807, 2.05) is 30.4 Å². The Bertz CT molecular complexity index is 1210. The number of hydrogen-bond donors (Lipinski definition) is 1. The minimum atomic E-state index is -0.469. The largest absolute Gasteiger partial charge is 0.462 e. The number of rotatable bonds is 9. The maximum atomic E-state index is 12.6. The van der Waals surface area contributed by atoms with E-state index in [4.69, 9.17) is 19.9 Å². The third-order valence-electron chi connectivity index (χ3n) is 6.42. The zero-order valence-electron chi connectivity index (χ0n) is 20.3. The molecule has 0 unspecified atom stereocenters. The van der Waals surface area contributed by atoms with Crippen molar-refractivity contribution in [2.45, 2.75) is 6.04 Å². The lowest BCUT2D eigenvalue weighted by Gasteiger charge is -2.37. The van der Waals surface area contributed by atoms with Crippen LogP contribution in [0.4, 0.5) is 0 Å². The van der Waals surface area contributed by atoms with Gasteiger partial charge in [0.15, 0.2) is 0 Å². The first-order valence-corrected chi connectivity index (χ1v) is 12.1. The summed E-state index contributed by atoms with van der Waals surface area (Å²) in [6.07, 6.45) is 3.69. The number of hydrogen-bond acceptors (Lipinski definition) is 7. The van der Waals surface area contributed by atoms with Crippen LogP contribution >= 0.6 is 0 Å². The van der Waals surface area contributed by atoms with Crippen molar-refractivity contribution < 1.29 is 28.6 Å². The van der Waals surface area contributed by atoms with Crippen LogP contribution in [0.25, 0.3) is 0 Å². The molecule has 190 valence electrons. The summed E-state index contributed by atoms with van der Waals surface area (Å²) in [7, 11) is 0. The van der Waals surface area contributed by atoms with Crippen LogP contribution in [0.1, 0.15) is 31.1 Å². The lowest BCUT2D eigenvalue weighted by atomic mass is 9.74. The summed E-state index contributed by atoms with van der Waals surface area (Å²) in [6, 6.07) is 25.6. The molecule has 0 aliphatic heterocycles. The molecule has 2 N–H and O–H groups in total. The summed E-state index contributed by atoms with van der Waals surface area (Å²) < 4.78 is 16.8. The van der Waals surface area contributed by atoms with Crippen molar-refractivity contribution in [3.63, 3.8) is 0 Å². The Morgan fingerprint density at radius 1 is 0.541 bits per heavy atom. The first-order chi connectivity index (χ1) is 18.0. The Morgan fingerprint density at radius 2 is 0.919 bits per heavy atom. The van der Waals surface area contributed by atoms with Crippen molar-refractivity contribution in [3.05, 3.63) is 120 Å². The number of esters is 3. The second-order valence-electron chi connectivity index (χ2n) is 8.85. The molecule has 0 saturated heterocycles. The van der Waals surface area contributed by atoms with E-state index in [-0.39, 0.29) is 37.6 Å². The fourth-order valence-corrected chi connectivity index (χ4v) is 4.31. The molecule has 1 aliphatic rings. The van der Waals surface area contributed by atoms with Crippen LogP contribution in [0.2, 0.25) is 0 Å². The van der Waals surface area contributed by atoms with Crippen LogP contribution in [0.15, 0.2) is 103 Å². The van der Waals surface area contributed by atoms with E-state index in [2.05, 4.69) is 0 Å². The second kappa shape index (κ2) is 12.6. The maximum absolute atomic E-state index is 12.6. The van der Waals surface area contributed by atoms with E-state index in [0.717, 1.165) is 0 Å². The van der Waals surface area contributed by atoms with E-state index in [0.29, 0.717) is 16.7 Å². The Balaban J connectivity index is 1.47.